The smallest absolute Gasteiger partial charge is 0.331 e. The summed E-state index contributed by atoms with van der Waals surface area (Å²) in [5, 5.41) is 3.16. The molecule has 0 aromatic carbocycles. The maximum Gasteiger partial charge on any atom is 0.331 e. The predicted molar refractivity (Wildman–Crippen MR) is 59.9 cm³/mol. The van der Waals surface area contributed by atoms with Crippen molar-refractivity contribution < 1.29 is 19.1 Å². The van der Waals surface area contributed by atoms with Crippen LogP contribution in [-0.4, -0.2) is 37.7 Å². The van der Waals surface area contributed by atoms with E-state index in [-0.39, 0.29) is 12.1 Å². The lowest BCUT2D eigenvalue weighted by molar-refractivity contribution is -0.139. The summed E-state index contributed by atoms with van der Waals surface area (Å²) < 4.78 is 9.16. The molecule has 0 rings (SSSR count). The van der Waals surface area contributed by atoms with Gasteiger partial charge in [-0.15, -0.1) is 0 Å². The Morgan fingerprint density at radius 3 is 2.25 bits per heavy atom. The van der Waals surface area contributed by atoms with Gasteiger partial charge in [-0.1, -0.05) is 0 Å². The van der Waals surface area contributed by atoms with Crippen molar-refractivity contribution in [3.05, 3.63) is 12.2 Å². The molecule has 0 bridgehead atoms. The summed E-state index contributed by atoms with van der Waals surface area (Å²) in [6.07, 6.45) is 2.07. The molecule has 0 aromatic heterocycles. The third-order valence-electron chi connectivity index (χ3n) is 1.56. The van der Waals surface area contributed by atoms with Crippen LogP contribution in [0, 0.1) is 0 Å². The van der Waals surface area contributed by atoms with Gasteiger partial charge in [0.05, 0.1) is 7.11 Å². The molecule has 0 saturated carbocycles. The van der Waals surface area contributed by atoms with E-state index in [2.05, 4.69) is 10.1 Å². The normalized spacial score (nSPS) is 11.5. The molecule has 0 atom stereocenters. The van der Waals surface area contributed by atoms with Gasteiger partial charge in [-0.3, -0.25) is 0 Å². The van der Waals surface area contributed by atoms with Crippen LogP contribution >= 0.6 is 0 Å². The number of carbonyl (C=O) groups is 2. The number of nitrogens with one attached hydrogen (secondary N) is 1. The van der Waals surface area contributed by atoms with Gasteiger partial charge in [-0.05, 0) is 20.8 Å². The Morgan fingerprint density at radius 1 is 1.19 bits per heavy atom. The van der Waals surface area contributed by atoms with E-state index in [1.54, 1.807) is 0 Å². The van der Waals surface area contributed by atoms with Crippen molar-refractivity contribution in [2.24, 2.45) is 0 Å². The van der Waals surface area contributed by atoms with Crippen molar-refractivity contribution in [1.82, 2.24) is 5.32 Å². The average molecular weight is 229 g/mol. The first-order chi connectivity index (χ1) is 7.35. The van der Waals surface area contributed by atoms with E-state index in [4.69, 9.17) is 4.74 Å². The maximum absolute atomic E-state index is 11.0. The molecule has 0 aliphatic rings. The molecule has 1 N–H and O–H groups in total. The Kier molecular flexibility index (Phi) is 6.41. The van der Waals surface area contributed by atoms with Crippen LogP contribution in [0.25, 0.3) is 0 Å². The van der Waals surface area contributed by atoms with Crippen LogP contribution in [0.5, 0.6) is 0 Å². The highest BCUT2D eigenvalue weighted by Crippen LogP contribution is 1.96. The van der Waals surface area contributed by atoms with Crippen LogP contribution in [-0.2, 0) is 19.1 Å². The molecule has 5 nitrogen and oxygen atoms in total. The van der Waals surface area contributed by atoms with Crippen molar-refractivity contribution in [3.63, 3.8) is 0 Å². The van der Waals surface area contributed by atoms with Crippen LogP contribution in [0.15, 0.2) is 12.2 Å². The van der Waals surface area contributed by atoms with Crippen LogP contribution < -0.4 is 5.32 Å². The number of carbonyl (C=O) groups excluding carboxylic acids is 2. The van der Waals surface area contributed by atoms with E-state index in [0.29, 0.717) is 6.54 Å². The molecule has 0 aliphatic heterocycles. The zero-order valence-corrected chi connectivity index (χ0v) is 10.2. The Bertz CT molecular complexity index is 266. The third kappa shape index (κ3) is 9.21. The summed E-state index contributed by atoms with van der Waals surface area (Å²) in [6, 6.07) is 0. The van der Waals surface area contributed by atoms with Crippen LogP contribution in [0.2, 0.25) is 0 Å². The largest absolute Gasteiger partial charge is 0.466 e. The quantitative estimate of drug-likeness (QED) is 0.426. The summed E-state index contributed by atoms with van der Waals surface area (Å²) in [5.41, 5.74) is -0.00569. The Balaban J connectivity index is 3.67. The van der Waals surface area contributed by atoms with E-state index < -0.39 is 11.9 Å². The van der Waals surface area contributed by atoms with Gasteiger partial charge in [0, 0.05) is 24.2 Å². The van der Waals surface area contributed by atoms with Gasteiger partial charge in [0.2, 0.25) is 0 Å². The van der Waals surface area contributed by atoms with E-state index in [1.165, 1.54) is 7.11 Å². The molecule has 0 aromatic rings. The summed E-state index contributed by atoms with van der Waals surface area (Å²) in [6.45, 7) is 6.90. The van der Waals surface area contributed by atoms with E-state index in [0.717, 1.165) is 12.2 Å². The molecule has 16 heavy (non-hydrogen) atoms. The molecule has 0 spiro atoms. The van der Waals surface area contributed by atoms with Gasteiger partial charge in [-0.25, -0.2) is 9.59 Å². The number of hydrogen-bond donors (Lipinski definition) is 1. The first-order valence-electron chi connectivity index (χ1n) is 5.03. The standard InChI is InChI=1S/C11H19NO4/c1-11(2,3)12-7-8-16-10(14)6-5-9(13)15-4/h5-6,12H,7-8H2,1-4H3. The Labute approximate surface area is 95.8 Å². The zero-order chi connectivity index (χ0) is 12.6. The van der Waals surface area contributed by atoms with Crippen molar-refractivity contribution in [2.45, 2.75) is 26.3 Å². The number of hydrogen-bond acceptors (Lipinski definition) is 5. The summed E-state index contributed by atoms with van der Waals surface area (Å²) in [5.74, 6) is -1.13. The number of rotatable bonds is 5. The molecule has 0 unspecified atom stereocenters. The molecule has 5 heteroatoms. The third-order valence-corrected chi connectivity index (χ3v) is 1.56. The monoisotopic (exact) mass is 229 g/mol. The molecule has 0 saturated heterocycles. The molecular weight excluding hydrogens is 210 g/mol. The van der Waals surface area contributed by atoms with Crippen LogP contribution in [0.4, 0.5) is 0 Å². The molecule has 0 aliphatic carbocycles. The SMILES string of the molecule is COC(=O)C=CC(=O)OCCNC(C)(C)C. The van der Waals surface area contributed by atoms with Crippen molar-refractivity contribution in [3.8, 4) is 0 Å². The van der Waals surface area contributed by atoms with Crippen LogP contribution in [0.1, 0.15) is 20.8 Å². The molecule has 0 radical (unpaired) electrons. The van der Waals surface area contributed by atoms with Gasteiger partial charge >= 0.3 is 11.9 Å². The van der Waals surface area contributed by atoms with E-state index in [1.807, 2.05) is 20.8 Å². The molecule has 0 fully saturated rings. The van der Waals surface area contributed by atoms with Crippen molar-refractivity contribution >= 4 is 11.9 Å². The van der Waals surface area contributed by atoms with Crippen molar-refractivity contribution in [2.75, 3.05) is 20.3 Å². The minimum Gasteiger partial charge on any atom is -0.466 e. The number of esters is 2. The second-order valence-electron chi connectivity index (χ2n) is 4.20. The molecule has 92 valence electrons. The van der Waals surface area contributed by atoms with E-state index >= 15 is 0 Å². The molecule has 0 amide bonds. The molecule has 0 heterocycles. The Morgan fingerprint density at radius 2 is 1.75 bits per heavy atom. The lowest BCUT2D eigenvalue weighted by Gasteiger charge is -2.19. The first kappa shape index (κ1) is 14.6. The van der Waals surface area contributed by atoms with Gasteiger partial charge < -0.3 is 14.8 Å². The fourth-order valence-corrected chi connectivity index (χ4v) is 0.830. The van der Waals surface area contributed by atoms with Gasteiger partial charge in [0.1, 0.15) is 6.61 Å². The minimum atomic E-state index is -0.579. The Hall–Kier alpha value is -1.36. The highest BCUT2D eigenvalue weighted by molar-refractivity contribution is 5.91. The number of ether oxygens (including phenoxy) is 2. The fraction of sp³-hybridized carbons (Fsp3) is 0.636. The number of methoxy groups -OCH3 is 1. The lowest BCUT2D eigenvalue weighted by Crippen LogP contribution is -2.38. The first-order valence-corrected chi connectivity index (χ1v) is 5.03. The molecular formula is C11H19NO4. The van der Waals surface area contributed by atoms with Gasteiger partial charge in [0.15, 0.2) is 0 Å². The minimum absolute atomic E-state index is 0.00569. The second-order valence-corrected chi connectivity index (χ2v) is 4.20. The summed E-state index contributed by atoms with van der Waals surface area (Å²) >= 11 is 0. The van der Waals surface area contributed by atoms with Crippen molar-refractivity contribution in [1.29, 1.82) is 0 Å². The highest BCUT2D eigenvalue weighted by Gasteiger charge is 2.07. The van der Waals surface area contributed by atoms with Gasteiger partial charge in [-0.2, -0.15) is 0 Å². The fourth-order valence-electron chi connectivity index (χ4n) is 0.830. The van der Waals surface area contributed by atoms with Gasteiger partial charge in [0.25, 0.3) is 0 Å². The average Bonchev–Trinajstić information content (AvgIpc) is 2.19. The lowest BCUT2D eigenvalue weighted by atomic mass is 10.1. The summed E-state index contributed by atoms with van der Waals surface area (Å²) in [7, 11) is 1.24. The summed E-state index contributed by atoms with van der Waals surface area (Å²) in [4.78, 5) is 21.7. The maximum atomic E-state index is 11.0. The topological polar surface area (TPSA) is 64.6 Å². The second kappa shape index (κ2) is 7.00. The van der Waals surface area contributed by atoms with E-state index in [9.17, 15) is 9.59 Å². The zero-order valence-electron chi connectivity index (χ0n) is 10.2. The van der Waals surface area contributed by atoms with Crippen LogP contribution in [0.3, 0.4) is 0 Å². The highest BCUT2D eigenvalue weighted by atomic mass is 16.5. The predicted octanol–water partition coefficient (Wildman–Crippen LogP) is 0.647.